The first kappa shape index (κ1) is 13.0. The number of hydrogen-bond acceptors (Lipinski definition) is 2. The largest absolute Gasteiger partial charge is 0.496 e. The monoisotopic (exact) mass is 293 g/mol. The number of nitrogens with zero attached hydrogens (tertiary/aromatic N) is 1. The van der Waals surface area contributed by atoms with E-state index in [1.54, 1.807) is 7.11 Å². The van der Waals surface area contributed by atoms with Crippen LogP contribution < -0.4 is 9.41 Å². The number of rotatable bonds is 2. The van der Waals surface area contributed by atoms with Gasteiger partial charge in [-0.25, -0.2) is 0 Å². The SMILES string of the molecule is COc1cccc2c(C)cc3c(c12)[C@H](CCl)CN3P. The third-order valence-electron chi connectivity index (χ3n) is 3.89. The van der Waals surface area contributed by atoms with Crippen LogP contribution in [-0.2, 0) is 0 Å². The minimum Gasteiger partial charge on any atom is -0.496 e. The van der Waals surface area contributed by atoms with Gasteiger partial charge < -0.3 is 9.41 Å². The molecular formula is C15H17ClNOP. The fourth-order valence-corrected chi connectivity index (χ4v) is 3.72. The first-order chi connectivity index (χ1) is 9.17. The minimum atomic E-state index is 0.355. The normalized spacial score (nSPS) is 17.9. The van der Waals surface area contributed by atoms with Crippen LogP contribution in [0.15, 0.2) is 24.3 Å². The first-order valence-corrected chi connectivity index (χ1v) is 7.41. The standard InChI is InChI=1S/C15H17ClNOP/c1-9-6-12-14(10(7-16)8-17(12)19)15-11(9)4-3-5-13(15)18-2/h3-6,10H,7-8,19H2,1-2H3/t10-/m1/s1. The molecule has 0 fully saturated rings. The molecule has 1 heterocycles. The Kier molecular flexibility index (Phi) is 3.32. The number of anilines is 1. The Labute approximate surface area is 120 Å². The predicted octanol–water partition coefficient (Wildman–Crippen LogP) is 4.09. The van der Waals surface area contributed by atoms with E-state index in [-0.39, 0.29) is 0 Å². The first-order valence-electron chi connectivity index (χ1n) is 6.35. The minimum absolute atomic E-state index is 0.355. The molecule has 0 saturated heterocycles. The summed E-state index contributed by atoms with van der Waals surface area (Å²) in [4.78, 5) is 0. The quantitative estimate of drug-likeness (QED) is 0.611. The Balaban J connectivity index is 2.43. The van der Waals surface area contributed by atoms with Crippen LogP contribution in [0.4, 0.5) is 5.69 Å². The number of aryl methyl sites for hydroxylation is 1. The highest BCUT2D eigenvalue weighted by atomic mass is 35.5. The molecule has 0 saturated carbocycles. The van der Waals surface area contributed by atoms with Crippen molar-refractivity contribution in [2.75, 3.05) is 24.2 Å². The molecule has 0 N–H and O–H groups in total. The molecule has 0 spiro atoms. The molecule has 2 aromatic carbocycles. The summed E-state index contributed by atoms with van der Waals surface area (Å²) in [5.41, 5.74) is 3.85. The number of ether oxygens (including phenoxy) is 1. The highest BCUT2D eigenvalue weighted by Gasteiger charge is 2.29. The van der Waals surface area contributed by atoms with Crippen molar-refractivity contribution in [3.05, 3.63) is 35.4 Å². The smallest absolute Gasteiger partial charge is 0.127 e. The lowest BCUT2D eigenvalue weighted by molar-refractivity contribution is 0.419. The number of alkyl halides is 1. The van der Waals surface area contributed by atoms with Gasteiger partial charge in [0, 0.05) is 29.4 Å². The molecule has 2 aromatic rings. The molecule has 0 amide bonds. The second-order valence-corrected chi connectivity index (χ2v) is 5.94. The average Bonchev–Trinajstić information content (AvgIpc) is 2.75. The number of hydrogen-bond donors (Lipinski definition) is 0. The molecule has 2 nitrogen and oxygen atoms in total. The van der Waals surface area contributed by atoms with Crippen LogP contribution in [0.25, 0.3) is 10.8 Å². The maximum absolute atomic E-state index is 6.16. The maximum atomic E-state index is 6.16. The van der Waals surface area contributed by atoms with Gasteiger partial charge in [0.1, 0.15) is 5.75 Å². The van der Waals surface area contributed by atoms with Crippen molar-refractivity contribution < 1.29 is 4.74 Å². The van der Waals surface area contributed by atoms with Crippen LogP contribution in [0.1, 0.15) is 17.0 Å². The van der Waals surface area contributed by atoms with Crippen molar-refractivity contribution in [1.29, 1.82) is 0 Å². The van der Waals surface area contributed by atoms with Gasteiger partial charge in [0.25, 0.3) is 0 Å². The lowest BCUT2D eigenvalue weighted by Crippen LogP contribution is -2.09. The van der Waals surface area contributed by atoms with Gasteiger partial charge in [-0.05, 0) is 45.0 Å². The van der Waals surface area contributed by atoms with Crippen molar-refractivity contribution in [1.82, 2.24) is 0 Å². The van der Waals surface area contributed by atoms with Crippen molar-refractivity contribution in [3.8, 4) is 5.75 Å². The maximum Gasteiger partial charge on any atom is 0.127 e. The fourth-order valence-electron chi connectivity index (χ4n) is 3.00. The van der Waals surface area contributed by atoms with Crippen molar-refractivity contribution in [3.63, 3.8) is 0 Å². The number of methoxy groups -OCH3 is 1. The van der Waals surface area contributed by atoms with Gasteiger partial charge in [0.05, 0.1) is 7.11 Å². The Morgan fingerprint density at radius 1 is 1.47 bits per heavy atom. The molecule has 0 bridgehead atoms. The molecule has 0 radical (unpaired) electrons. The topological polar surface area (TPSA) is 12.5 Å². The van der Waals surface area contributed by atoms with E-state index < -0.39 is 0 Å². The molecule has 4 heteroatoms. The van der Waals surface area contributed by atoms with Crippen molar-refractivity contribution in [2.24, 2.45) is 0 Å². The Bertz CT molecular complexity index is 644. The van der Waals surface area contributed by atoms with Crippen LogP contribution in [0.3, 0.4) is 0 Å². The summed E-state index contributed by atoms with van der Waals surface area (Å²) in [6.45, 7) is 3.09. The van der Waals surface area contributed by atoms with E-state index in [1.807, 2.05) is 12.1 Å². The predicted molar refractivity (Wildman–Crippen MR) is 85.8 cm³/mol. The van der Waals surface area contributed by atoms with E-state index in [2.05, 4.69) is 33.1 Å². The van der Waals surface area contributed by atoms with Crippen molar-refractivity contribution in [2.45, 2.75) is 12.8 Å². The molecular weight excluding hydrogens is 277 g/mol. The van der Waals surface area contributed by atoms with Crippen LogP contribution in [-0.4, -0.2) is 19.5 Å². The molecule has 3 rings (SSSR count). The third-order valence-corrected chi connectivity index (χ3v) is 4.75. The molecule has 1 unspecified atom stereocenters. The molecule has 2 atom stereocenters. The van der Waals surface area contributed by atoms with E-state index in [0.29, 0.717) is 11.8 Å². The summed E-state index contributed by atoms with van der Waals surface area (Å²) in [6, 6.07) is 8.48. The second-order valence-electron chi connectivity index (χ2n) is 5.01. The van der Waals surface area contributed by atoms with Gasteiger partial charge in [-0.1, -0.05) is 12.1 Å². The summed E-state index contributed by atoms with van der Waals surface area (Å²) in [5.74, 6) is 1.93. The Hall–Kier alpha value is -0.980. The van der Waals surface area contributed by atoms with Gasteiger partial charge in [0.2, 0.25) is 0 Å². The van der Waals surface area contributed by atoms with Crippen molar-refractivity contribution >= 4 is 37.5 Å². The second kappa shape index (κ2) is 4.85. The van der Waals surface area contributed by atoms with E-state index in [9.17, 15) is 0 Å². The number of benzene rings is 2. The van der Waals surface area contributed by atoms with Gasteiger partial charge in [-0.15, -0.1) is 11.6 Å². The third kappa shape index (κ3) is 1.89. The zero-order valence-corrected chi connectivity index (χ0v) is 13.0. The molecule has 19 heavy (non-hydrogen) atoms. The molecule has 100 valence electrons. The number of fused-ring (bicyclic) bond motifs is 3. The van der Waals surface area contributed by atoms with E-state index in [0.717, 1.165) is 12.3 Å². The lowest BCUT2D eigenvalue weighted by atomic mass is 9.93. The molecule has 1 aliphatic rings. The van der Waals surface area contributed by atoms with E-state index in [1.165, 1.54) is 27.6 Å². The Morgan fingerprint density at radius 3 is 2.95 bits per heavy atom. The Morgan fingerprint density at radius 2 is 2.26 bits per heavy atom. The van der Waals surface area contributed by atoms with Gasteiger partial charge >= 0.3 is 0 Å². The van der Waals surface area contributed by atoms with E-state index >= 15 is 0 Å². The van der Waals surface area contributed by atoms with Gasteiger partial charge in [-0.3, -0.25) is 0 Å². The average molecular weight is 294 g/mol. The lowest BCUT2D eigenvalue weighted by Gasteiger charge is -2.16. The summed E-state index contributed by atoms with van der Waals surface area (Å²) in [5, 5.41) is 2.48. The summed E-state index contributed by atoms with van der Waals surface area (Å²) < 4.78 is 7.78. The molecule has 1 aliphatic heterocycles. The van der Waals surface area contributed by atoms with Crippen LogP contribution in [0.2, 0.25) is 0 Å². The highest BCUT2D eigenvalue weighted by molar-refractivity contribution is 7.19. The summed E-state index contributed by atoms with van der Waals surface area (Å²) in [7, 11) is 4.52. The van der Waals surface area contributed by atoms with Crippen LogP contribution >= 0.6 is 21.0 Å². The van der Waals surface area contributed by atoms with Crippen LogP contribution in [0.5, 0.6) is 5.75 Å². The van der Waals surface area contributed by atoms with Gasteiger partial charge in [0.15, 0.2) is 0 Å². The van der Waals surface area contributed by atoms with Gasteiger partial charge in [-0.2, -0.15) is 0 Å². The van der Waals surface area contributed by atoms with Crippen LogP contribution in [0, 0.1) is 6.92 Å². The zero-order chi connectivity index (χ0) is 13.6. The summed E-state index contributed by atoms with van der Waals surface area (Å²) in [6.07, 6.45) is 0. The number of halogens is 1. The fraction of sp³-hybridized carbons (Fsp3) is 0.333. The molecule has 0 aromatic heterocycles. The molecule has 0 aliphatic carbocycles. The van der Waals surface area contributed by atoms with E-state index in [4.69, 9.17) is 16.3 Å². The zero-order valence-electron chi connectivity index (χ0n) is 11.1. The summed E-state index contributed by atoms with van der Waals surface area (Å²) >= 11 is 6.16. The highest BCUT2D eigenvalue weighted by Crippen LogP contribution is 2.47.